The molecule has 0 aliphatic heterocycles. The first-order valence-corrected chi connectivity index (χ1v) is 15.4. The number of ether oxygens (including phenoxy) is 2. The normalized spacial score (nSPS) is 12.3. The van der Waals surface area contributed by atoms with E-state index < -0.39 is 5.60 Å². The van der Waals surface area contributed by atoms with Gasteiger partial charge in [0.2, 0.25) is 0 Å². The fourth-order valence-electron chi connectivity index (χ4n) is 4.92. The molecular formula is C37H56O3. The Hall–Kier alpha value is -2.52. The highest BCUT2D eigenvalue weighted by Crippen LogP contribution is 2.45. The zero-order valence-electron chi connectivity index (χ0n) is 26.6. The van der Waals surface area contributed by atoms with Crippen molar-refractivity contribution in [1.82, 2.24) is 0 Å². The largest absolute Gasteiger partial charge is 0.493 e. The minimum absolute atomic E-state index is 0.0648. The van der Waals surface area contributed by atoms with Gasteiger partial charge in [0.05, 0.1) is 13.2 Å². The van der Waals surface area contributed by atoms with E-state index in [4.69, 9.17) is 9.47 Å². The molecule has 0 aliphatic carbocycles. The van der Waals surface area contributed by atoms with Crippen molar-refractivity contribution in [2.24, 2.45) is 0 Å². The van der Waals surface area contributed by atoms with Crippen LogP contribution >= 0.6 is 0 Å². The van der Waals surface area contributed by atoms with Crippen molar-refractivity contribution in [1.29, 1.82) is 0 Å². The Bertz CT molecular complexity index is 986. The predicted octanol–water partition coefficient (Wildman–Crippen LogP) is 10.2. The van der Waals surface area contributed by atoms with E-state index in [2.05, 4.69) is 79.0 Å². The van der Waals surface area contributed by atoms with E-state index in [-0.39, 0.29) is 10.8 Å². The van der Waals surface area contributed by atoms with Crippen molar-refractivity contribution in [2.75, 3.05) is 13.2 Å². The van der Waals surface area contributed by atoms with Crippen molar-refractivity contribution < 1.29 is 14.6 Å². The number of unbranched alkanes of at least 4 members (excludes halogenated alkanes) is 6. The lowest BCUT2D eigenvalue weighted by Gasteiger charge is -2.34. The summed E-state index contributed by atoms with van der Waals surface area (Å²) in [4.78, 5) is 0. The van der Waals surface area contributed by atoms with Crippen LogP contribution in [0.2, 0.25) is 0 Å². The number of allylic oxidation sites excluding steroid dienone is 2. The van der Waals surface area contributed by atoms with Crippen LogP contribution in [-0.2, 0) is 16.4 Å². The van der Waals surface area contributed by atoms with E-state index in [1.807, 2.05) is 31.2 Å². The molecule has 0 atom stereocenters. The lowest BCUT2D eigenvalue weighted by Crippen LogP contribution is -2.30. The van der Waals surface area contributed by atoms with Gasteiger partial charge < -0.3 is 14.6 Å². The van der Waals surface area contributed by atoms with Gasteiger partial charge in [0, 0.05) is 11.1 Å². The SMILES string of the molecule is C=CCCCCCOc1ccc(C(C)(C)C)cc1C(O)(CC)c1cc(C(C)(C)C)ccc1OCCCCCC=C. The molecule has 0 saturated heterocycles. The third-order valence-electron chi connectivity index (χ3n) is 7.71. The van der Waals surface area contributed by atoms with E-state index in [0.29, 0.717) is 19.6 Å². The number of hydrogen-bond acceptors (Lipinski definition) is 3. The highest BCUT2D eigenvalue weighted by Gasteiger charge is 2.37. The maximum Gasteiger partial charge on any atom is 0.125 e. The maximum atomic E-state index is 12.7. The molecular weight excluding hydrogens is 492 g/mol. The molecule has 2 aromatic rings. The van der Waals surface area contributed by atoms with Crippen molar-refractivity contribution >= 4 is 0 Å². The second kappa shape index (κ2) is 15.5. The summed E-state index contributed by atoms with van der Waals surface area (Å²) < 4.78 is 12.8. The molecule has 0 spiro atoms. The predicted molar refractivity (Wildman–Crippen MR) is 172 cm³/mol. The van der Waals surface area contributed by atoms with E-state index >= 15 is 0 Å². The Kier molecular flexibility index (Phi) is 13.0. The summed E-state index contributed by atoms with van der Waals surface area (Å²) in [6, 6.07) is 12.7. The van der Waals surface area contributed by atoms with Gasteiger partial charge in [0.25, 0.3) is 0 Å². The summed E-state index contributed by atoms with van der Waals surface area (Å²) in [5.41, 5.74) is 2.58. The average molecular weight is 549 g/mol. The molecule has 1 N–H and O–H groups in total. The van der Waals surface area contributed by atoms with Crippen LogP contribution in [-0.4, -0.2) is 18.3 Å². The van der Waals surface area contributed by atoms with Gasteiger partial charge in [-0.3, -0.25) is 0 Å². The Morgan fingerprint density at radius 1 is 0.650 bits per heavy atom. The summed E-state index contributed by atoms with van der Waals surface area (Å²) in [6.07, 6.45) is 12.9. The Morgan fingerprint density at radius 3 is 1.38 bits per heavy atom. The van der Waals surface area contributed by atoms with Gasteiger partial charge in [-0.1, -0.05) is 72.8 Å². The van der Waals surface area contributed by atoms with Crippen LogP contribution in [0.5, 0.6) is 11.5 Å². The minimum atomic E-state index is -1.27. The van der Waals surface area contributed by atoms with E-state index in [1.165, 1.54) is 11.1 Å². The van der Waals surface area contributed by atoms with Crippen LogP contribution in [0.25, 0.3) is 0 Å². The zero-order valence-corrected chi connectivity index (χ0v) is 26.6. The van der Waals surface area contributed by atoms with Gasteiger partial charge in [0.1, 0.15) is 17.1 Å². The molecule has 2 rings (SSSR count). The summed E-state index contributed by atoms with van der Waals surface area (Å²) in [5.74, 6) is 1.50. The van der Waals surface area contributed by atoms with Gasteiger partial charge in [-0.25, -0.2) is 0 Å². The second-order valence-electron chi connectivity index (χ2n) is 13.1. The smallest absolute Gasteiger partial charge is 0.125 e. The van der Waals surface area contributed by atoms with Gasteiger partial charge in [0.15, 0.2) is 0 Å². The standard InChI is InChI=1S/C37H56O3/c1-10-13-15-17-19-25-39-33-23-21-29(35(4,5)6)27-31(33)37(38,12-3)32-28-30(36(7,8)9)22-24-34(32)40-26-20-18-16-14-11-2/h10-11,21-24,27-28,38H,1-2,12-20,25-26H2,3-9H3. The van der Waals surface area contributed by atoms with Crippen molar-refractivity contribution in [2.45, 2.75) is 123 Å². The van der Waals surface area contributed by atoms with Gasteiger partial charge >= 0.3 is 0 Å². The number of benzene rings is 2. The maximum absolute atomic E-state index is 12.7. The number of hydrogen-bond donors (Lipinski definition) is 1. The first-order chi connectivity index (χ1) is 18.9. The third kappa shape index (κ3) is 9.54. The fraction of sp³-hybridized carbons (Fsp3) is 0.568. The second-order valence-corrected chi connectivity index (χ2v) is 13.1. The molecule has 0 heterocycles. The van der Waals surface area contributed by atoms with Crippen LogP contribution < -0.4 is 9.47 Å². The highest BCUT2D eigenvalue weighted by atomic mass is 16.5. The molecule has 0 fully saturated rings. The molecule has 0 saturated carbocycles. The van der Waals surface area contributed by atoms with Gasteiger partial charge in [-0.2, -0.15) is 0 Å². The Balaban J connectivity index is 2.55. The van der Waals surface area contributed by atoms with Gasteiger partial charge in [-0.15, -0.1) is 13.2 Å². The molecule has 0 aromatic heterocycles. The molecule has 0 radical (unpaired) electrons. The minimum Gasteiger partial charge on any atom is -0.493 e. The lowest BCUT2D eigenvalue weighted by molar-refractivity contribution is 0.0686. The Morgan fingerprint density at radius 2 is 1.05 bits per heavy atom. The van der Waals surface area contributed by atoms with Crippen molar-refractivity contribution in [3.05, 3.63) is 84.0 Å². The van der Waals surface area contributed by atoms with Crippen molar-refractivity contribution in [3.8, 4) is 11.5 Å². The lowest BCUT2D eigenvalue weighted by atomic mass is 9.77. The van der Waals surface area contributed by atoms with E-state index in [0.717, 1.165) is 74.0 Å². The highest BCUT2D eigenvalue weighted by molar-refractivity contribution is 5.53. The molecule has 0 unspecified atom stereocenters. The first-order valence-electron chi connectivity index (χ1n) is 15.4. The quantitative estimate of drug-likeness (QED) is 0.158. The van der Waals surface area contributed by atoms with Crippen LogP contribution in [0.15, 0.2) is 61.7 Å². The van der Waals surface area contributed by atoms with E-state index in [1.54, 1.807) is 0 Å². The van der Waals surface area contributed by atoms with Crippen LogP contribution in [0, 0.1) is 0 Å². The molecule has 3 heteroatoms. The van der Waals surface area contributed by atoms with Crippen molar-refractivity contribution in [3.63, 3.8) is 0 Å². The summed E-state index contributed by atoms with van der Waals surface area (Å²) in [5, 5.41) is 12.7. The number of rotatable bonds is 17. The van der Waals surface area contributed by atoms with Crippen LogP contribution in [0.3, 0.4) is 0 Å². The molecule has 3 nitrogen and oxygen atoms in total. The van der Waals surface area contributed by atoms with Crippen LogP contribution in [0.4, 0.5) is 0 Å². The summed E-state index contributed by atoms with van der Waals surface area (Å²) in [7, 11) is 0. The summed E-state index contributed by atoms with van der Waals surface area (Å²) in [6.45, 7) is 24.2. The molecule has 0 bridgehead atoms. The third-order valence-corrected chi connectivity index (χ3v) is 7.71. The molecule has 40 heavy (non-hydrogen) atoms. The number of aliphatic hydroxyl groups is 1. The van der Waals surface area contributed by atoms with Gasteiger partial charge in [-0.05, 0) is 104 Å². The molecule has 2 aromatic carbocycles. The first kappa shape index (κ1) is 33.7. The molecule has 0 aliphatic rings. The Labute approximate surface area is 245 Å². The summed E-state index contributed by atoms with van der Waals surface area (Å²) >= 11 is 0. The van der Waals surface area contributed by atoms with E-state index in [9.17, 15) is 5.11 Å². The average Bonchev–Trinajstić information content (AvgIpc) is 2.91. The zero-order chi connectivity index (χ0) is 29.8. The fourth-order valence-corrected chi connectivity index (χ4v) is 4.92. The van der Waals surface area contributed by atoms with Crippen LogP contribution in [0.1, 0.15) is 129 Å². The monoisotopic (exact) mass is 548 g/mol. The topological polar surface area (TPSA) is 38.7 Å². The molecule has 222 valence electrons. The molecule has 0 amide bonds.